The predicted molar refractivity (Wildman–Crippen MR) is 85.5 cm³/mol. The molecule has 1 N–H and O–H groups in total. The van der Waals surface area contributed by atoms with Crippen molar-refractivity contribution in [3.8, 4) is 17.1 Å². The van der Waals surface area contributed by atoms with Crippen molar-refractivity contribution in [2.24, 2.45) is 7.05 Å². The highest BCUT2D eigenvalue weighted by Gasteiger charge is 2.35. The van der Waals surface area contributed by atoms with E-state index in [-0.39, 0.29) is 27.1 Å². The van der Waals surface area contributed by atoms with Crippen LogP contribution in [0.5, 0.6) is 0 Å². The molecule has 136 valence electrons. The number of tetrazole rings is 1. The number of hydrogen-bond donors (Lipinski definition) is 1. The number of halogens is 5. The fourth-order valence-corrected chi connectivity index (χ4v) is 2.84. The Morgan fingerprint density at radius 2 is 1.81 bits per heavy atom. The molecule has 0 unspecified atom stereocenters. The zero-order valence-electron chi connectivity index (χ0n) is 12.7. The molecule has 3 rings (SSSR count). The maximum Gasteiger partial charge on any atom is 0.431 e. The number of aromatic amines is 1. The summed E-state index contributed by atoms with van der Waals surface area (Å²) in [4.78, 5) is 24.6. The Morgan fingerprint density at radius 3 is 2.38 bits per heavy atom. The van der Waals surface area contributed by atoms with Crippen LogP contribution >= 0.6 is 23.2 Å². The molecular formula is C13H7Cl2F3N6O2. The van der Waals surface area contributed by atoms with Crippen LogP contribution in [0.15, 0.2) is 27.8 Å². The Hall–Kier alpha value is -2.66. The molecule has 2 aromatic heterocycles. The second-order valence-corrected chi connectivity index (χ2v) is 5.89. The number of nitrogens with zero attached hydrogens (tertiary/aromatic N) is 5. The second-order valence-electron chi connectivity index (χ2n) is 5.08. The lowest BCUT2D eigenvalue weighted by atomic mass is 10.2. The van der Waals surface area contributed by atoms with Crippen LogP contribution in [-0.2, 0) is 13.2 Å². The van der Waals surface area contributed by atoms with Gasteiger partial charge in [-0.25, -0.2) is 14.5 Å². The third-order valence-electron chi connectivity index (χ3n) is 3.49. The maximum atomic E-state index is 12.9. The second kappa shape index (κ2) is 6.25. The molecule has 0 saturated carbocycles. The molecule has 0 radical (unpaired) electrons. The van der Waals surface area contributed by atoms with E-state index in [4.69, 9.17) is 23.2 Å². The summed E-state index contributed by atoms with van der Waals surface area (Å²) in [6, 6.07) is 2.75. The van der Waals surface area contributed by atoms with E-state index in [0.717, 1.165) is 7.05 Å². The Balaban J connectivity index is 2.32. The fraction of sp³-hybridized carbons (Fsp3) is 0.154. The lowest BCUT2D eigenvalue weighted by molar-refractivity contribution is -0.144. The van der Waals surface area contributed by atoms with E-state index >= 15 is 0 Å². The molecule has 0 amide bonds. The average Bonchev–Trinajstić information content (AvgIpc) is 3.06. The molecule has 0 spiro atoms. The minimum atomic E-state index is -4.87. The van der Waals surface area contributed by atoms with Gasteiger partial charge in [-0.3, -0.25) is 9.36 Å². The molecule has 13 heteroatoms. The zero-order chi connectivity index (χ0) is 19.2. The number of hydrogen-bond acceptors (Lipinski definition) is 5. The van der Waals surface area contributed by atoms with Crippen molar-refractivity contribution in [2.45, 2.75) is 6.18 Å². The number of H-pyrrole nitrogens is 1. The first-order chi connectivity index (χ1) is 12.1. The van der Waals surface area contributed by atoms with Crippen LogP contribution in [0.1, 0.15) is 5.69 Å². The summed E-state index contributed by atoms with van der Waals surface area (Å²) in [6.45, 7) is 0. The maximum absolute atomic E-state index is 12.9. The van der Waals surface area contributed by atoms with Gasteiger partial charge in [-0.1, -0.05) is 23.2 Å². The first kappa shape index (κ1) is 18.1. The SMILES string of the molecule is Cn1c(C(F)(F)F)cc(=O)n(-c2cc(-c3nnn[nH]3)c(Cl)cc2Cl)c1=O. The van der Waals surface area contributed by atoms with Crippen LogP contribution in [0.2, 0.25) is 10.0 Å². The Kier molecular flexibility index (Phi) is 4.36. The average molecular weight is 407 g/mol. The van der Waals surface area contributed by atoms with Crippen molar-refractivity contribution < 1.29 is 13.2 Å². The van der Waals surface area contributed by atoms with Crippen LogP contribution < -0.4 is 11.2 Å². The van der Waals surface area contributed by atoms with E-state index in [1.165, 1.54) is 12.1 Å². The van der Waals surface area contributed by atoms with Gasteiger partial charge in [0, 0.05) is 18.7 Å². The van der Waals surface area contributed by atoms with Gasteiger partial charge in [-0.15, -0.1) is 5.10 Å². The molecule has 1 aromatic carbocycles. The highest BCUT2D eigenvalue weighted by molar-refractivity contribution is 6.37. The van der Waals surface area contributed by atoms with Crippen molar-refractivity contribution in [1.29, 1.82) is 0 Å². The van der Waals surface area contributed by atoms with E-state index < -0.39 is 23.1 Å². The van der Waals surface area contributed by atoms with Crippen molar-refractivity contribution in [3.63, 3.8) is 0 Å². The number of benzene rings is 1. The molecule has 0 atom stereocenters. The lowest BCUT2D eigenvalue weighted by Crippen LogP contribution is -2.40. The minimum absolute atomic E-state index is 0.106. The van der Waals surface area contributed by atoms with E-state index in [1.54, 1.807) is 0 Å². The molecule has 3 aromatic rings. The molecule has 0 aliphatic heterocycles. The minimum Gasteiger partial charge on any atom is -0.292 e. The number of nitrogens with one attached hydrogen (secondary N) is 1. The van der Waals surface area contributed by atoms with Crippen molar-refractivity contribution in [2.75, 3.05) is 0 Å². The summed E-state index contributed by atoms with van der Waals surface area (Å²) in [5, 5.41) is 12.8. The summed E-state index contributed by atoms with van der Waals surface area (Å²) in [5.41, 5.74) is -3.78. The van der Waals surface area contributed by atoms with Crippen LogP contribution in [0, 0.1) is 0 Å². The Morgan fingerprint density at radius 1 is 1.12 bits per heavy atom. The quantitative estimate of drug-likeness (QED) is 0.701. The first-order valence-electron chi connectivity index (χ1n) is 6.75. The summed E-state index contributed by atoms with van der Waals surface area (Å²) >= 11 is 12.1. The molecule has 2 heterocycles. The van der Waals surface area contributed by atoms with Crippen molar-refractivity contribution >= 4 is 23.2 Å². The van der Waals surface area contributed by atoms with E-state index in [1.807, 2.05) is 0 Å². The molecule has 0 bridgehead atoms. The van der Waals surface area contributed by atoms with E-state index in [2.05, 4.69) is 20.6 Å². The summed E-state index contributed by atoms with van der Waals surface area (Å²) < 4.78 is 39.7. The van der Waals surface area contributed by atoms with Crippen LogP contribution in [-0.4, -0.2) is 29.8 Å². The summed E-state index contributed by atoms with van der Waals surface area (Å²) in [5.74, 6) is 0.115. The number of aromatic nitrogens is 6. The highest BCUT2D eigenvalue weighted by Crippen LogP contribution is 2.32. The van der Waals surface area contributed by atoms with Gasteiger partial charge >= 0.3 is 11.9 Å². The number of rotatable bonds is 2. The normalized spacial score (nSPS) is 11.8. The van der Waals surface area contributed by atoms with Gasteiger partial charge in [0.1, 0.15) is 5.69 Å². The summed E-state index contributed by atoms with van der Waals surface area (Å²) in [7, 11) is 0.895. The van der Waals surface area contributed by atoms with Gasteiger partial charge in [0.05, 0.1) is 15.7 Å². The predicted octanol–water partition coefficient (Wildman–Crippen LogP) is 2.04. The third-order valence-corrected chi connectivity index (χ3v) is 4.10. The van der Waals surface area contributed by atoms with Crippen molar-refractivity contribution in [1.82, 2.24) is 29.8 Å². The molecule has 0 saturated heterocycles. The number of alkyl halides is 3. The van der Waals surface area contributed by atoms with Gasteiger partial charge in [-0.2, -0.15) is 13.2 Å². The largest absolute Gasteiger partial charge is 0.431 e. The fourth-order valence-electron chi connectivity index (χ4n) is 2.28. The molecule has 0 aliphatic rings. The van der Waals surface area contributed by atoms with Gasteiger partial charge in [-0.05, 0) is 22.6 Å². The molecule has 0 aliphatic carbocycles. The molecule has 26 heavy (non-hydrogen) atoms. The highest BCUT2D eigenvalue weighted by atomic mass is 35.5. The van der Waals surface area contributed by atoms with Gasteiger partial charge < -0.3 is 0 Å². The van der Waals surface area contributed by atoms with Crippen LogP contribution in [0.4, 0.5) is 13.2 Å². The molecule has 8 nitrogen and oxygen atoms in total. The third kappa shape index (κ3) is 2.99. The standard InChI is InChI=1S/C13H7Cl2F3N6O2/c1-23-9(13(16,17)18)4-10(25)24(12(23)26)8-2-5(6(14)3-7(8)15)11-19-21-22-20-11/h2-4H,1H3,(H,19,20,21,22). The topological polar surface area (TPSA) is 98.5 Å². The van der Waals surface area contributed by atoms with Crippen molar-refractivity contribution in [3.05, 3.63) is 54.8 Å². The van der Waals surface area contributed by atoms with Crippen LogP contribution in [0.25, 0.3) is 17.1 Å². The van der Waals surface area contributed by atoms with Gasteiger partial charge in [0.2, 0.25) is 0 Å². The van der Waals surface area contributed by atoms with Gasteiger partial charge in [0.15, 0.2) is 5.82 Å². The smallest absolute Gasteiger partial charge is 0.292 e. The monoisotopic (exact) mass is 406 g/mol. The molecular weight excluding hydrogens is 400 g/mol. The zero-order valence-corrected chi connectivity index (χ0v) is 14.2. The summed E-state index contributed by atoms with van der Waals surface area (Å²) in [6.07, 6.45) is -4.87. The lowest BCUT2D eigenvalue weighted by Gasteiger charge is -2.15. The van der Waals surface area contributed by atoms with Gasteiger partial charge in [0.25, 0.3) is 5.56 Å². The Labute approximate surface area is 151 Å². The van der Waals surface area contributed by atoms with E-state index in [9.17, 15) is 22.8 Å². The molecule has 0 fully saturated rings. The Bertz CT molecular complexity index is 1100. The van der Waals surface area contributed by atoms with E-state index in [0.29, 0.717) is 15.2 Å². The van der Waals surface area contributed by atoms with Crippen LogP contribution in [0.3, 0.4) is 0 Å². The first-order valence-corrected chi connectivity index (χ1v) is 7.50.